The largest absolute Gasteiger partial charge is 0.349 e. The second-order valence-corrected chi connectivity index (χ2v) is 9.21. The van der Waals surface area contributed by atoms with Gasteiger partial charge in [-0.1, -0.05) is 11.6 Å². The van der Waals surface area contributed by atoms with Gasteiger partial charge < -0.3 is 5.32 Å². The van der Waals surface area contributed by atoms with Crippen molar-refractivity contribution >= 4 is 27.5 Å². The summed E-state index contributed by atoms with van der Waals surface area (Å²) in [5, 5.41) is 8.03. The van der Waals surface area contributed by atoms with Gasteiger partial charge in [0, 0.05) is 24.7 Å². The molecule has 1 aromatic heterocycles. The topological polar surface area (TPSA) is 84.3 Å². The fourth-order valence-electron chi connectivity index (χ4n) is 3.23. The molecular weight excluding hydrogens is 388 g/mol. The SMILES string of the molecule is Cc1nn(-c2ccc(C(=O)NC3CCN(S(C)(=O)=O)CC3)cc2)c(C)c1Cl. The van der Waals surface area contributed by atoms with Gasteiger partial charge in [-0.05, 0) is 51.0 Å². The van der Waals surface area contributed by atoms with Gasteiger partial charge in [-0.25, -0.2) is 17.4 Å². The molecular formula is C18H23ClN4O3S. The van der Waals surface area contributed by atoms with Gasteiger partial charge >= 0.3 is 0 Å². The van der Waals surface area contributed by atoms with Gasteiger partial charge in [-0.3, -0.25) is 4.79 Å². The van der Waals surface area contributed by atoms with Crippen LogP contribution < -0.4 is 5.32 Å². The first kappa shape index (κ1) is 19.9. The van der Waals surface area contributed by atoms with Crippen molar-refractivity contribution in [3.8, 4) is 5.69 Å². The number of sulfonamides is 1. The molecule has 0 aliphatic carbocycles. The minimum atomic E-state index is -3.16. The summed E-state index contributed by atoms with van der Waals surface area (Å²) in [6, 6.07) is 7.14. The molecule has 1 N–H and O–H groups in total. The summed E-state index contributed by atoms with van der Waals surface area (Å²) in [5.41, 5.74) is 3.00. The van der Waals surface area contributed by atoms with Gasteiger partial charge in [-0.2, -0.15) is 5.10 Å². The summed E-state index contributed by atoms with van der Waals surface area (Å²) in [5.74, 6) is -0.161. The lowest BCUT2D eigenvalue weighted by molar-refractivity contribution is 0.0924. The summed E-state index contributed by atoms with van der Waals surface area (Å²) in [4.78, 5) is 12.5. The minimum absolute atomic E-state index is 0.0232. The van der Waals surface area contributed by atoms with E-state index in [-0.39, 0.29) is 11.9 Å². The number of aryl methyl sites for hydroxylation is 1. The van der Waals surface area contributed by atoms with E-state index in [1.807, 2.05) is 26.0 Å². The number of halogens is 1. The Morgan fingerprint density at radius 1 is 1.19 bits per heavy atom. The maximum Gasteiger partial charge on any atom is 0.251 e. The first-order chi connectivity index (χ1) is 12.7. The van der Waals surface area contributed by atoms with Gasteiger partial charge in [0.1, 0.15) is 0 Å². The van der Waals surface area contributed by atoms with E-state index in [9.17, 15) is 13.2 Å². The number of hydrogen-bond donors (Lipinski definition) is 1. The van der Waals surface area contributed by atoms with Crippen molar-refractivity contribution in [1.29, 1.82) is 0 Å². The Hall–Kier alpha value is -1.90. The third-order valence-corrected chi connectivity index (χ3v) is 6.69. The lowest BCUT2D eigenvalue weighted by Gasteiger charge is -2.30. The first-order valence-electron chi connectivity index (χ1n) is 8.75. The van der Waals surface area contributed by atoms with E-state index in [1.54, 1.807) is 16.8 Å². The van der Waals surface area contributed by atoms with Gasteiger partial charge in [0.2, 0.25) is 10.0 Å². The highest BCUT2D eigenvalue weighted by atomic mass is 35.5. The number of nitrogens with zero attached hydrogens (tertiary/aromatic N) is 3. The zero-order valence-corrected chi connectivity index (χ0v) is 17.1. The fourth-order valence-corrected chi connectivity index (χ4v) is 4.22. The van der Waals surface area contributed by atoms with Crippen LogP contribution in [0.1, 0.15) is 34.6 Å². The number of carbonyl (C=O) groups excluding carboxylic acids is 1. The third-order valence-electron chi connectivity index (χ3n) is 4.84. The van der Waals surface area contributed by atoms with Crippen molar-refractivity contribution < 1.29 is 13.2 Å². The first-order valence-corrected chi connectivity index (χ1v) is 11.0. The average molecular weight is 411 g/mol. The van der Waals surface area contributed by atoms with Crippen molar-refractivity contribution in [3.63, 3.8) is 0 Å². The van der Waals surface area contributed by atoms with Crippen LogP contribution in [-0.4, -0.2) is 53.8 Å². The molecule has 146 valence electrons. The lowest BCUT2D eigenvalue weighted by Crippen LogP contribution is -2.46. The number of aromatic nitrogens is 2. The zero-order chi connectivity index (χ0) is 19.8. The Morgan fingerprint density at radius 3 is 2.26 bits per heavy atom. The second kappa shape index (κ2) is 7.61. The van der Waals surface area contributed by atoms with E-state index in [0.717, 1.165) is 17.1 Å². The Kier molecular flexibility index (Phi) is 5.60. The number of rotatable bonds is 4. The number of hydrogen-bond acceptors (Lipinski definition) is 4. The fraction of sp³-hybridized carbons (Fsp3) is 0.444. The Morgan fingerprint density at radius 2 is 1.78 bits per heavy atom. The number of piperidine rings is 1. The molecule has 2 aromatic rings. The molecule has 0 radical (unpaired) electrons. The van der Waals surface area contributed by atoms with Crippen LogP contribution in [0.4, 0.5) is 0 Å². The van der Waals surface area contributed by atoms with E-state index >= 15 is 0 Å². The van der Waals surface area contributed by atoms with E-state index in [1.165, 1.54) is 10.6 Å². The average Bonchev–Trinajstić information content (AvgIpc) is 2.89. The van der Waals surface area contributed by atoms with Crippen molar-refractivity contribution in [2.75, 3.05) is 19.3 Å². The molecule has 0 bridgehead atoms. The van der Waals surface area contributed by atoms with E-state index in [2.05, 4.69) is 10.4 Å². The predicted octanol–water partition coefficient (Wildman–Crippen LogP) is 2.30. The maximum absolute atomic E-state index is 12.5. The molecule has 2 heterocycles. The van der Waals surface area contributed by atoms with Crippen LogP contribution in [0.3, 0.4) is 0 Å². The van der Waals surface area contributed by atoms with Crippen molar-refractivity contribution in [2.24, 2.45) is 0 Å². The van der Waals surface area contributed by atoms with Crippen LogP contribution in [-0.2, 0) is 10.0 Å². The number of amides is 1. The van der Waals surface area contributed by atoms with Crippen LogP contribution in [0.15, 0.2) is 24.3 Å². The molecule has 1 fully saturated rings. The molecule has 1 amide bonds. The van der Waals surface area contributed by atoms with Crippen LogP contribution in [0.25, 0.3) is 5.69 Å². The van der Waals surface area contributed by atoms with E-state index in [0.29, 0.717) is 36.5 Å². The van der Waals surface area contributed by atoms with Crippen LogP contribution in [0.2, 0.25) is 5.02 Å². The van der Waals surface area contributed by atoms with E-state index in [4.69, 9.17) is 11.6 Å². The molecule has 0 spiro atoms. The summed E-state index contributed by atoms with van der Waals surface area (Å²) in [6.45, 7) is 4.61. The molecule has 0 atom stereocenters. The zero-order valence-electron chi connectivity index (χ0n) is 15.6. The van der Waals surface area contributed by atoms with Crippen molar-refractivity contribution in [1.82, 2.24) is 19.4 Å². The highest BCUT2D eigenvalue weighted by Gasteiger charge is 2.26. The number of carbonyl (C=O) groups is 1. The second-order valence-electron chi connectivity index (χ2n) is 6.85. The van der Waals surface area contributed by atoms with Crippen LogP contribution >= 0.6 is 11.6 Å². The third kappa shape index (κ3) is 4.34. The molecule has 9 heteroatoms. The summed E-state index contributed by atoms with van der Waals surface area (Å²) >= 11 is 6.19. The quantitative estimate of drug-likeness (QED) is 0.838. The van der Waals surface area contributed by atoms with E-state index < -0.39 is 10.0 Å². The standard InChI is InChI=1S/C18H23ClN4O3S/c1-12-17(19)13(2)23(21-12)16-6-4-14(5-7-16)18(24)20-15-8-10-22(11-9-15)27(3,25)26/h4-7,15H,8-11H2,1-3H3,(H,20,24). The summed E-state index contributed by atoms with van der Waals surface area (Å²) in [7, 11) is -3.16. The Balaban J connectivity index is 1.64. The molecule has 1 aromatic carbocycles. The highest BCUT2D eigenvalue weighted by molar-refractivity contribution is 7.88. The molecule has 1 saturated heterocycles. The molecule has 3 rings (SSSR count). The molecule has 7 nitrogen and oxygen atoms in total. The van der Waals surface area contributed by atoms with Crippen LogP contribution in [0, 0.1) is 13.8 Å². The van der Waals surface area contributed by atoms with Gasteiger partial charge in [0.15, 0.2) is 0 Å². The highest BCUT2D eigenvalue weighted by Crippen LogP contribution is 2.22. The van der Waals surface area contributed by atoms with Gasteiger partial charge in [0.25, 0.3) is 5.91 Å². The smallest absolute Gasteiger partial charge is 0.251 e. The van der Waals surface area contributed by atoms with Gasteiger partial charge in [-0.15, -0.1) is 0 Å². The summed E-state index contributed by atoms with van der Waals surface area (Å²) < 4.78 is 26.3. The lowest BCUT2D eigenvalue weighted by atomic mass is 10.1. The maximum atomic E-state index is 12.5. The predicted molar refractivity (Wildman–Crippen MR) is 105 cm³/mol. The van der Waals surface area contributed by atoms with Crippen LogP contribution in [0.5, 0.6) is 0 Å². The molecule has 27 heavy (non-hydrogen) atoms. The Labute approximate surface area is 164 Å². The molecule has 0 saturated carbocycles. The monoisotopic (exact) mass is 410 g/mol. The van der Waals surface area contributed by atoms with Crippen molar-refractivity contribution in [3.05, 3.63) is 46.2 Å². The minimum Gasteiger partial charge on any atom is -0.349 e. The normalized spacial score (nSPS) is 16.4. The number of benzene rings is 1. The molecule has 1 aliphatic rings. The van der Waals surface area contributed by atoms with Crippen molar-refractivity contribution in [2.45, 2.75) is 32.7 Å². The Bertz CT molecular complexity index is 946. The summed E-state index contributed by atoms with van der Waals surface area (Å²) in [6.07, 6.45) is 2.44. The molecule has 1 aliphatic heterocycles. The van der Waals surface area contributed by atoms with Gasteiger partial charge in [0.05, 0.1) is 28.4 Å². The molecule has 0 unspecified atom stereocenters. The number of nitrogens with one attached hydrogen (secondary N) is 1.